The molecule has 1 amide bonds. The van der Waals surface area contributed by atoms with Crippen LogP contribution in [0.1, 0.15) is 10.4 Å². The van der Waals surface area contributed by atoms with Gasteiger partial charge in [0.15, 0.2) is 0 Å². The summed E-state index contributed by atoms with van der Waals surface area (Å²) in [5.74, 6) is -0.192. The van der Waals surface area contributed by atoms with Gasteiger partial charge < -0.3 is 9.64 Å². The average molecular weight is 293 g/mol. The number of ketones is 1. The molecule has 1 aliphatic rings. The van der Waals surface area contributed by atoms with Gasteiger partial charge in [0.2, 0.25) is 0 Å². The van der Waals surface area contributed by atoms with Crippen LogP contribution in [0.2, 0.25) is 0 Å². The number of hydrogen-bond acceptors (Lipinski definition) is 3. The first kappa shape index (κ1) is 14.1. The molecule has 0 atom stereocenters. The van der Waals surface area contributed by atoms with Crippen LogP contribution in [0.25, 0.3) is 11.1 Å². The van der Waals surface area contributed by atoms with Crippen LogP contribution in [0.3, 0.4) is 0 Å². The molecule has 1 heterocycles. The van der Waals surface area contributed by atoms with E-state index in [0.717, 1.165) is 16.9 Å². The van der Waals surface area contributed by atoms with Crippen LogP contribution in [0.5, 0.6) is 5.75 Å². The van der Waals surface area contributed by atoms with Crippen molar-refractivity contribution in [3.63, 3.8) is 0 Å². The first-order valence-electron chi connectivity index (χ1n) is 6.91. The van der Waals surface area contributed by atoms with Gasteiger partial charge in [0.1, 0.15) is 5.75 Å². The van der Waals surface area contributed by atoms with Crippen LogP contribution in [-0.2, 0) is 4.79 Å². The number of carbonyl (C=O) groups excluding carboxylic acids is 2. The lowest BCUT2D eigenvalue weighted by molar-refractivity contribution is -0.114. The molecular weight excluding hydrogens is 278 g/mol. The highest BCUT2D eigenvalue weighted by atomic mass is 16.5. The number of amides is 1. The van der Waals surface area contributed by atoms with Gasteiger partial charge in [0, 0.05) is 6.54 Å². The minimum absolute atomic E-state index is 0.333. The maximum absolute atomic E-state index is 12.1. The van der Waals surface area contributed by atoms with Gasteiger partial charge in [-0.15, -0.1) is 6.58 Å². The number of hydrogen-bond donors (Lipinski definition) is 0. The average Bonchev–Trinajstić information content (AvgIpc) is 2.80. The molecule has 0 spiro atoms. The maximum Gasteiger partial charge on any atom is 0.299 e. The second kappa shape index (κ2) is 5.48. The SMILES string of the molecule is C=CCN1C(=O)C(=O)c2cc(-c3ccc(OC)cc3)ccc21. The van der Waals surface area contributed by atoms with Crippen LogP contribution in [0, 0.1) is 0 Å². The van der Waals surface area contributed by atoms with Crippen molar-refractivity contribution in [3.8, 4) is 16.9 Å². The number of methoxy groups -OCH3 is 1. The molecule has 0 saturated carbocycles. The van der Waals surface area contributed by atoms with Gasteiger partial charge in [-0.05, 0) is 35.4 Å². The molecule has 1 aliphatic heterocycles. The fourth-order valence-electron chi connectivity index (χ4n) is 2.57. The van der Waals surface area contributed by atoms with Crippen molar-refractivity contribution in [1.82, 2.24) is 0 Å². The zero-order chi connectivity index (χ0) is 15.7. The van der Waals surface area contributed by atoms with Crippen LogP contribution in [0.4, 0.5) is 5.69 Å². The van der Waals surface area contributed by atoms with E-state index in [1.54, 1.807) is 25.3 Å². The molecular formula is C18H15NO3. The van der Waals surface area contributed by atoms with Gasteiger partial charge in [-0.25, -0.2) is 0 Å². The minimum atomic E-state index is -0.498. The molecule has 0 aliphatic carbocycles. The van der Waals surface area contributed by atoms with Crippen LogP contribution >= 0.6 is 0 Å². The van der Waals surface area contributed by atoms with E-state index in [4.69, 9.17) is 4.74 Å². The number of rotatable bonds is 4. The van der Waals surface area contributed by atoms with E-state index in [0.29, 0.717) is 17.8 Å². The lowest BCUT2D eigenvalue weighted by Crippen LogP contribution is -2.29. The molecule has 2 aromatic rings. The molecule has 0 aromatic heterocycles. The Morgan fingerprint density at radius 3 is 2.41 bits per heavy atom. The lowest BCUT2D eigenvalue weighted by atomic mass is 10.0. The monoisotopic (exact) mass is 293 g/mol. The lowest BCUT2D eigenvalue weighted by Gasteiger charge is -2.14. The molecule has 0 bridgehead atoms. The Morgan fingerprint density at radius 2 is 1.77 bits per heavy atom. The predicted molar refractivity (Wildman–Crippen MR) is 85.3 cm³/mol. The quantitative estimate of drug-likeness (QED) is 0.643. The molecule has 2 aromatic carbocycles. The summed E-state index contributed by atoms with van der Waals surface area (Å²) in [5.41, 5.74) is 2.95. The summed E-state index contributed by atoms with van der Waals surface area (Å²) in [4.78, 5) is 25.6. The third-order valence-corrected chi connectivity index (χ3v) is 3.71. The summed E-state index contributed by atoms with van der Waals surface area (Å²) in [7, 11) is 1.61. The molecule has 22 heavy (non-hydrogen) atoms. The molecule has 0 fully saturated rings. The van der Waals surface area contributed by atoms with Gasteiger partial charge in [0.05, 0.1) is 18.4 Å². The number of fused-ring (bicyclic) bond motifs is 1. The Balaban J connectivity index is 2.02. The highest BCUT2D eigenvalue weighted by Gasteiger charge is 2.35. The minimum Gasteiger partial charge on any atom is -0.497 e. The van der Waals surface area contributed by atoms with Gasteiger partial charge in [-0.2, -0.15) is 0 Å². The largest absolute Gasteiger partial charge is 0.497 e. The number of benzene rings is 2. The van der Waals surface area contributed by atoms with Gasteiger partial charge in [-0.3, -0.25) is 9.59 Å². The number of carbonyl (C=O) groups is 2. The number of ether oxygens (including phenoxy) is 1. The van der Waals surface area contributed by atoms with E-state index in [2.05, 4.69) is 6.58 Å². The van der Waals surface area contributed by atoms with Crippen molar-refractivity contribution in [2.45, 2.75) is 0 Å². The van der Waals surface area contributed by atoms with Crippen LogP contribution in [-0.4, -0.2) is 25.3 Å². The zero-order valence-electron chi connectivity index (χ0n) is 12.2. The van der Waals surface area contributed by atoms with Gasteiger partial charge in [-0.1, -0.05) is 24.3 Å². The summed E-state index contributed by atoms with van der Waals surface area (Å²) in [6.45, 7) is 3.95. The molecule has 0 saturated heterocycles. The third-order valence-electron chi connectivity index (χ3n) is 3.71. The molecule has 0 unspecified atom stereocenters. The van der Waals surface area contributed by atoms with Crippen molar-refractivity contribution >= 4 is 17.4 Å². The summed E-state index contributed by atoms with van der Waals surface area (Å²) >= 11 is 0. The van der Waals surface area contributed by atoms with Crippen LogP contribution < -0.4 is 9.64 Å². The van der Waals surface area contributed by atoms with E-state index in [1.165, 1.54) is 4.90 Å². The number of nitrogens with zero attached hydrogens (tertiary/aromatic N) is 1. The van der Waals surface area contributed by atoms with Crippen molar-refractivity contribution in [2.24, 2.45) is 0 Å². The summed E-state index contributed by atoms with van der Waals surface area (Å²) in [5, 5.41) is 0. The molecule has 3 rings (SSSR count). The van der Waals surface area contributed by atoms with Crippen molar-refractivity contribution in [3.05, 3.63) is 60.7 Å². The molecule has 0 radical (unpaired) electrons. The Hall–Kier alpha value is -2.88. The number of Topliss-reactive ketones (excluding diaryl/α,β-unsaturated/α-hetero) is 1. The van der Waals surface area contributed by atoms with E-state index in [1.807, 2.05) is 30.3 Å². The Morgan fingerprint density at radius 1 is 1.09 bits per heavy atom. The highest BCUT2D eigenvalue weighted by molar-refractivity contribution is 6.52. The summed E-state index contributed by atoms with van der Waals surface area (Å²) in [6.07, 6.45) is 1.61. The fourth-order valence-corrected chi connectivity index (χ4v) is 2.57. The van der Waals surface area contributed by atoms with Crippen molar-refractivity contribution in [1.29, 1.82) is 0 Å². The second-order valence-electron chi connectivity index (χ2n) is 4.99. The third kappa shape index (κ3) is 2.19. The highest BCUT2D eigenvalue weighted by Crippen LogP contribution is 2.33. The van der Waals surface area contributed by atoms with Gasteiger partial charge >= 0.3 is 0 Å². The first-order chi connectivity index (χ1) is 10.7. The molecule has 4 heteroatoms. The first-order valence-corrected chi connectivity index (χ1v) is 6.91. The Bertz CT molecular complexity index is 762. The molecule has 4 nitrogen and oxygen atoms in total. The van der Waals surface area contributed by atoms with Crippen LogP contribution in [0.15, 0.2) is 55.1 Å². The van der Waals surface area contributed by atoms with E-state index >= 15 is 0 Å². The van der Waals surface area contributed by atoms with E-state index in [9.17, 15) is 9.59 Å². The normalized spacial score (nSPS) is 13.2. The Labute approximate surface area is 128 Å². The standard InChI is InChI=1S/C18H15NO3/c1-3-10-19-16-9-6-13(11-15(16)17(20)18(19)21)12-4-7-14(22-2)8-5-12/h3-9,11H,1,10H2,2H3. The second-order valence-corrected chi connectivity index (χ2v) is 4.99. The summed E-state index contributed by atoms with van der Waals surface area (Å²) < 4.78 is 5.14. The fraction of sp³-hybridized carbons (Fsp3) is 0.111. The van der Waals surface area contributed by atoms with Crippen molar-refractivity contribution < 1.29 is 14.3 Å². The Kier molecular flexibility index (Phi) is 3.51. The summed E-state index contributed by atoms with van der Waals surface area (Å²) in [6, 6.07) is 13.0. The van der Waals surface area contributed by atoms with E-state index in [-0.39, 0.29) is 0 Å². The topological polar surface area (TPSA) is 46.6 Å². The number of anilines is 1. The van der Waals surface area contributed by atoms with Crippen molar-refractivity contribution in [2.75, 3.05) is 18.6 Å². The zero-order valence-corrected chi connectivity index (χ0v) is 12.2. The smallest absolute Gasteiger partial charge is 0.299 e. The van der Waals surface area contributed by atoms with Gasteiger partial charge in [0.25, 0.3) is 11.7 Å². The van der Waals surface area contributed by atoms with E-state index < -0.39 is 11.7 Å². The predicted octanol–water partition coefficient (Wildman–Crippen LogP) is 3.08. The molecule has 110 valence electrons. The molecule has 0 N–H and O–H groups in total. The maximum atomic E-state index is 12.1.